The summed E-state index contributed by atoms with van der Waals surface area (Å²) in [6, 6.07) is 1.34. The molecule has 2 rings (SSSR count). The molecule has 2 aliphatic rings. The van der Waals surface area contributed by atoms with E-state index < -0.39 is 0 Å². The van der Waals surface area contributed by atoms with Crippen molar-refractivity contribution in [3.63, 3.8) is 0 Å². The van der Waals surface area contributed by atoms with Crippen LogP contribution in [0.2, 0.25) is 0 Å². The summed E-state index contributed by atoms with van der Waals surface area (Å²) in [5, 5.41) is 0. The van der Waals surface area contributed by atoms with Gasteiger partial charge >= 0.3 is 0 Å². The van der Waals surface area contributed by atoms with Crippen LogP contribution >= 0.6 is 0 Å². The van der Waals surface area contributed by atoms with E-state index in [0.717, 1.165) is 11.8 Å². The zero-order valence-corrected chi connectivity index (χ0v) is 13.1. The summed E-state index contributed by atoms with van der Waals surface area (Å²) >= 11 is 0. The van der Waals surface area contributed by atoms with Gasteiger partial charge in [-0.25, -0.2) is 0 Å². The third kappa shape index (κ3) is 3.06. The van der Waals surface area contributed by atoms with Crippen LogP contribution in [0.25, 0.3) is 0 Å². The van der Waals surface area contributed by atoms with E-state index in [1.165, 1.54) is 19.4 Å². The van der Waals surface area contributed by atoms with Crippen molar-refractivity contribution in [1.29, 1.82) is 0 Å². The fourth-order valence-electron chi connectivity index (χ4n) is 3.42. The van der Waals surface area contributed by atoms with E-state index in [1.54, 1.807) is 5.57 Å². The van der Waals surface area contributed by atoms with E-state index in [0.29, 0.717) is 12.1 Å². The molecule has 1 heterocycles. The van der Waals surface area contributed by atoms with Crippen molar-refractivity contribution in [3.05, 3.63) is 23.8 Å². The molecule has 3 atom stereocenters. The molecule has 0 saturated carbocycles. The van der Waals surface area contributed by atoms with Gasteiger partial charge in [0.15, 0.2) is 0 Å². The van der Waals surface area contributed by atoms with Gasteiger partial charge in [0.1, 0.15) is 0 Å². The molecule has 104 valence electrons. The first kappa shape index (κ1) is 15.5. The summed E-state index contributed by atoms with van der Waals surface area (Å²) in [6.07, 6.45) is 9.61. The molecular formula is C17H31N. The molecule has 0 radical (unpaired) electrons. The minimum absolute atomic E-state index is 0.668. The second-order valence-electron chi connectivity index (χ2n) is 5.66. The summed E-state index contributed by atoms with van der Waals surface area (Å²) in [5.41, 5.74) is 1.69. The minimum atomic E-state index is 0.668. The van der Waals surface area contributed by atoms with E-state index in [-0.39, 0.29) is 0 Å². The molecule has 0 N–H and O–H groups in total. The van der Waals surface area contributed by atoms with Gasteiger partial charge in [0.25, 0.3) is 0 Å². The standard InChI is InChI=1S/C15H25N.C2H6/c1-5-7-13-8-6-9-14-15(13)12(4)10-16(14)11(2)3;1-2/h6,8-9,11-12,14-15H,5,7,10H2,1-4H3;1-2H3. The molecule has 0 amide bonds. The molecule has 0 aromatic rings. The van der Waals surface area contributed by atoms with E-state index in [9.17, 15) is 0 Å². The van der Waals surface area contributed by atoms with Gasteiger partial charge in [-0.05, 0) is 26.2 Å². The first-order valence-electron chi connectivity index (χ1n) is 7.78. The highest BCUT2D eigenvalue weighted by Gasteiger charge is 2.41. The van der Waals surface area contributed by atoms with Crippen molar-refractivity contribution in [1.82, 2.24) is 4.90 Å². The fraction of sp³-hybridized carbons (Fsp3) is 0.765. The van der Waals surface area contributed by atoms with Gasteiger partial charge in [-0.1, -0.05) is 57.9 Å². The Balaban J connectivity index is 0.000000771. The second kappa shape index (κ2) is 7.13. The van der Waals surface area contributed by atoms with Crippen LogP contribution in [0, 0.1) is 11.8 Å². The van der Waals surface area contributed by atoms with Crippen LogP contribution in [0.1, 0.15) is 54.4 Å². The van der Waals surface area contributed by atoms with Crippen molar-refractivity contribution in [2.45, 2.75) is 66.5 Å². The Morgan fingerprint density at radius 3 is 2.56 bits per heavy atom. The Morgan fingerprint density at radius 1 is 1.33 bits per heavy atom. The quantitative estimate of drug-likeness (QED) is 0.703. The lowest BCUT2D eigenvalue weighted by Gasteiger charge is -2.32. The van der Waals surface area contributed by atoms with Crippen molar-refractivity contribution < 1.29 is 0 Å². The summed E-state index contributed by atoms with van der Waals surface area (Å²) < 4.78 is 0. The van der Waals surface area contributed by atoms with Crippen molar-refractivity contribution in [2.24, 2.45) is 11.8 Å². The molecule has 0 aromatic carbocycles. The van der Waals surface area contributed by atoms with Gasteiger partial charge < -0.3 is 0 Å². The van der Waals surface area contributed by atoms with E-state index in [4.69, 9.17) is 0 Å². The lowest BCUT2D eigenvalue weighted by atomic mass is 9.80. The Bertz CT molecular complexity index is 301. The van der Waals surface area contributed by atoms with Crippen LogP contribution in [0.5, 0.6) is 0 Å². The van der Waals surface area contributed by atoms with Gasteiger partial charge in [-0.15, -0.1) is 0 Å². The van der Waals surface area contributed by atoms with Gasteiger partial charge in [-0.2, -0.15) is 0 Å². The van der Waals surface area contributed by atoms with Gasteiger partial charge in [0.05, 0.1) is 0 Å². The Hall–Kier alpha value is -0.560. The predicted octanol–water partition coefficient (Wildman–Crippen LogP) is 4.65. The number of allylic oxidation sites excluding steroid dienone is 2. The first-order valence-corrected chi connectivity index (χ1v) is 7.78. The van der Waals surface area contributed by atoms with Crippen molar-refractivity contribution >= 4 is 0 Å². The van der Waals surface area contributed by atoms with Crippen LogP contribution in [-0.4, -0.2) is 23.5 Å². The van der Waals surface area contributed by atoms with Crippen LogP contribution in [0.4, 0.5) is 0 Å². The molecule has 1 saturated heterocycles. The fourth-order valence-corrected chi connectivity index (χ4v) is 3.42. The van der Waals surface area contributed by atoms with Gasteiger partial charge in [-0.3, -0.25) is 4.90 Å². The average Bonchev–Trinajstić information content (AvgIpc) is 2.71. The average molecular weight is 249 g/mol. The summed E-state index contributed by atoms with van der Waals surface area (Å²) in [6.45, 7) is 14.6. The number of nitrogens with zero attached hydrogens (tertiary/aromatic N) is 1. The molecule has 1 heteroatoms. The third-order valence-electron chi connectivity index (χ3n) is 4.11. The molecule has 3 unspecified atom stereocenters. The lowest BCUT2D eigenvalue weighted by Crippen LogP contribution is -2.37. The van der Waals surface area contributed by atoms with Gasteiger partial charge in [0.2, 0.25) is 0 Å². The van der Waals surface area contributed by atoms with Crippen LogP contribution in [0.3, 0.4) is 0 Å². The molecule has 0 aromatic heterocycles. The molecule has 1 aliphatic heterocycles. The van der Waals surface area contributed by atoms with Crippen LogP contribution in [-0.2, 0) is 0 Å². The highest BCUT2D eigenvalue weighted by molar-refractivity contribution is 5.28. The molecule has 0 spiro atoms. The molecule has 1 aliphatic carbocycles. The number of likely N-dealkylation sites (tertiary alicyclic amines) is 1. The highest BCUT2D eigenvalue weighted by Crippen LogP contribution is 2.40. The maximum Gasteiger partial charge on any atom is 0.0352 e. The summed E-state index contributed by atoms with van der Waals surface area (Å²) in [7, 11) is 0. The van der Waals surface area contributed by atoms with E-state index in [1.807, 2.05) is 13.8 Å². The Morgan fingerprint density at radius 2 is 2.00 bits per heavy atom. The molecule has 0 bridgehead atoms. The zero-order valence-electron chi connectivity index (χ0n) is 13.1. The molecule has 1 nitrogen and oxygen atoms in total. The largest absolute Gasteiger partial charge is 0.294 e. The predicted molar refractivity (Wildman–Crippen MR) is 81.8 cm³/mol. The maximum absolute atomic E-state index is 2.66. The monoisotopic (exact) mass is 249 g/mol. The SMILES string of the molecule is CC.CCCC1=CC=CC2C1C(C)CN2C(C)C. The first-order chi connectivity index (χ1) is 8.65. The molecule has 18 heavy (non-hydrogen) atoms. The third-order valence-corrected chi connectivity index (χ3v) is 4.11. The Kier molecular flexibility index (Phi) is 6.14. The molecular weight excluding hydrogens is 218 g/mol. The summed E-state index contributed by atoms with van der Waals surface area (Å²) in [4.78, 5) is 2.66. The maximum atomic E-state index is 2.66. The van der Waals surface area contributed by atoms with E-state index >= 15 is 0 Å². The second-order valence-corrected chi connectivity index (χ2v) is 5.66. The number of hydrogen-bond donors (Lipinski definition) is 0. The summed E-state index contributed by atoms with van der Waals surface area (Å²) in [5.74, 6) is 1.60. The van der Waals surface area contributed by atoms with Crippen molar-refractivity contribution in [2.75, 3.05) is 6.54 Å². The van der Waals surface area contributed by atoms with E-state index in [2.05, 4.69) is 50.8 Å². The highest BCUT2D eigenvalue weighted by atomic mass is 15.2. The van der Waals surface area contributed by atoms with Crippen LogP contribution < -0.4 is 0 Å². The zero-order chi connectivity index (χ0) is 13.7. The Labute approximate surface area is 114 Å². The lowest BCUT2D eigenvalue weighted by molar-refractivity contribution is 0.219. The van der Waals surface area contributed by atoms with Crippen molar-refractivity contribution in [3.8, 4) is 0 Å². The smallest absolute Gasteiger partial charge is 0.0352 e. The van der Waals surface area contributed by atoms with Crippen LogP contribution in [0.15, 0.2) is 23.8 Å². The minimum Gasteiger partial charge on any atom is -0.294 e. The number of fused-ring (bicyclic) bond motifs is 1. The van der Waals surface area contributed by atoms with Gasteiger partial charge in [0, 0.05) is 24.5 Å². The topological polar surface area (TPSA) is 3.24 Å². The number of rotatable bonds is 3. The molecule has 1 fully saturated rings. The normalized spacial score (nSPS) is 30.8. The number of hydrogen-bond acceptors (Lipinski definition) is 1.